The Bertz CT molecular complexity index is 639. The molecule has 21 heavy (non-hydrogen) atoms. The molecule has 0 unspecified atom stereocenters. The third-order valence-electron chi connectivity index (χ3n) is 2.42. The number of nitrogens with one attached hydrogen (secondary N) is 2. The van der Waals surface area contributed by atoms with Crippen LogP contribution in [0.15, 0.2) is 30.9 Å². The smallest absolute Gasteiger partial charge is 0.353 e. The fourth-order valence-electron chi connectivity index (χ4n) is 1.66. The van der Waals surface area contributed by atoms with Crippen LogP contribution in [0, 0.1) is 10.1 Å². The highest BCUT2D eigenvalue weighted by Gasteiger charge is 2.25. The van der Waals surface area contributed by atoms with Gasteiger partial charge in [0.1, 0.15) is 6.33 Å². The van der Waals surface area contributed by atoms with Crippen LogP contribution < -0.4 is 10.6 Å². The molecule has 0 aliphatic rings. The summed E-state index contributed by atoms with van der Waals surface area (Å²) in [6.07, 6.45) is 4.45. The van der Waals surface area contributed by atoms with Crippen molar-refractivity contribution >= 4 is 23.0 Å². The van der Waals surface area contributed by atoms with E-state index in [0.29, 0.717) is 5.69 Å². The first-order chi connectivity index (χ1) is 9.87. The second-order valence-electron chi connectivity index (χ2n) is 5.42. The third kappa shape index (κ3) is 3.85. The Hall–Kier alpha value is -2.77. The van der Waals surface area contributed by atoms with Gasteiger partial charge in [0.25, 0.3) is 0 Å². The van der Waals surface area contributed by atoms with Crippen LogP contribution in [0.2, 0.25) is 0 Å². The van der Waals surface area contributed by atoms with Crippen molar-refractivity contribution in [2.24, 2.45) is 0 Å². The Labute approximate surface area is 121 Å². The normalized spacial score (nSPS) is 11.0. The number of nitrogens with zero attached hydrogens (tertiary/aromatic N) is 4. The van der Waals surface area contributed by atoms with Gasteiger partial charge in [0.15, 0.2) is 0 Å². The molecular formula is C13H16N6O2. The van der Waals surface area contributed by atoms with Gasteiger partial charge in [-0.25, -0.2) is 9.97 Å². The first-order valence-corrected chi connectivity index (χ1v) is 6.31. The first kappa shape index (κ1) is 14.6. The van der Waals surface area contributed by atoms with Crippen molar-refractivity contribution in [2.45, 2.75) is 26.3 Å². The molecule has 0 fully saturated rings. The summed E-state index contributed by atoms with van der Waals surface area (Å²) < 4.78 is 0. The average molecular weight is 288 g/mol. The molecule has 0 aliphatic heterocycles. The number of aromatic nitrogens is 3. The van der Waals surface area contributed by atoms with E-state index in [9.17, 15) is 10.1 Å². The zero-order valence-electron chi connectivity index (χ0n) is 12.0. The number of hydrogen-bond donors (Lipinski definition) is 2. The molecule has 0 spiro atoms. The van der Waals surface area contributed by atoms with Gasteiger partial charge in [0.05, 0.1) is 16.8 Å². The second kappa shape index (κ2) is 5.70. The van der Waals surface area contributed by atoms with Gasteiger partial charge in [0, 0.05) is 11.7 Å². The van der Waals surface area contributed by atoms with Crippen LogP contribution in [-0.4, -0.2) is 25.4 Å². The molecule has 0 amide bonds. The summed E-state index contributed by atoms with van der Waals surface area (Å²) in [6.45, 7) is 5.69. The average Bonchev–Trinajstić information content (AvgIpc) is 2.37. The molecule has 0 aromatic carbocycles. The minimum Gasteiger partial charge on any atom is -0.360 e. The lowest BCUT2D eigenvalue weighted by molar-refractivity contribution is -0.383. The Morgan fingerprint density at radius 2 is 1.95 bits per heavy atom. The van der Waals surface area contributed by atoms with Crippen LogP contribution >= 0.6 is 0 Å². The number of anilines is 3. The van der Waals surface area contributed by atoms with Gasteiger partial charge in [-0.3, -0.25) is 15.1 Å². The fraction of sp³-hybridized carbons (Fsp3) is 0.308. The number of rotatable bonds is 4. The van der Waals surface area contributed by atoms with Crippen molar-refractivity contribution in [3.8, 4) is 0 Å². The quantitative estimate of drug-likeness (QED) is 0.658. The predicted octanol–water partition coefficient (Wildman–Crippen LogP) is 2.73. The Balaban J connectivity index is 2.41. The highest BCUT2D eigenvalue weighted by atomic mass is 16.6. The van der Waals surface area contributed by atoms with E-state index in [1.807, 2.05) is 20.8 Å². The highest BCUT2D eigenvalue weighted by molar-refractivity contribution is 5.73. The molecule has 2 heterocycles. The summed E-state index contributed by atoms with van der Waals surface area (Å²) in [5.41, 5.74) is 0.0577. The zero-order chi connectivity index (χ0) is 15.5. The van der Waals surface area contributed by atoms with Crippen molar-refractivity contribution < 1.29 is 4.92 Å². The molecule has 8 heteroatoms. The van der Waals surface area contributed by atoms with Gasteiger partial charge in [-0.1, -0.05) is 0 Å². The Morgan fingerprint density at radius 3 is 2.52 bits per heavy atom. The van der Waals surface area contributed by atoms with Gasteiger partial charge in [-0.05, 0) is 32.9 Å². The molecule has 0 radical (unpaired) electrons. The van der Waals surface area contributed by atoms with Crippen LogP contribution in [0.25, 0.3) is 0 Å². The van der Waals surface area contributed by atoms with E-state index in [1.165, 1.54) is 6.33 Å². The van der Waals surface area contributed by atoms with Gasteiger partial charge >= 0.3 is 5.69 Å². The molecule has 0 saturated carbocycles. The summed E-state index contributed by atoms with van der Waals surface area (Å²) in [5, 5.41) is 17.2. The molecule has 2 rings (SSSR count). The Kier molecular flexibility index (Phi) is 3.97. The molecule has 0 aliphatic carbocycles. The maximum Gasteiger partial charge on any atom is 0.353 e. The molecule has 110 valence electrons. The summed E-state index contributed by atoms with van der Waals surface area (Å²) in [4.78, 5) is 22.7. The van der Waals surface area contributed by atoms with Crippen molar-refractivity contribution in [3.63, 3.8) is 0 Å². The third-order valence-corrected chi connectivity index (χ3v) is 2.42. The molecule has 2 N–H and O–H groups in total. The molecule has 8 nitrogen and oxygen atoms in total. The lowest BCUT2D eigenvalue weighted by Crippen LogP contribution is -2.27. The summed E-state index contributed by atoms with van der Waals surface area (Å²) in [6, 6.07) is 3.47. The maximum absolute atomic E-state index is 11.3. The number of hydrogen-bond acceptors (Lipinski definition) is 7. The topological polar surface area (TPSA) is 106 Å². The van der Waals surface area contributed by atoms with E-state index in [0.717, 1.165) is 0 Å². The van der Waals surface area contributed by atoms with E-state index in [-0.39, 0.29) is 22.9 Å². The molecule has 0 atom stereocenters. The standard InChI is InChI=1S/C13H16N6O2/c1-13(2,3)18-12-10(19(20)21)11(15-8-16-12)17-9-5-4-6-14-7-9/h4-8H,1-3H3,(H2,15,16,17,18). The van der Waals surface area contributed by atoms with Gasteiger partial charge in [0.2, 0.25) is 11.6 Å². The van der Waals surface area contributed by atoms with Crippen LogP contribution in [0.1, 0.15) is 20.8 Å². The van der Waals surface area contributed by atoms with Crippen LogP contribution in [-0.2, 0) is 0 Å². The van der Waals surface area contributed by atoms with Crippen molar-refractivity contribution in [1.82, 2.24) is 15.0 Å². The summed E-state index contributed by atoms with van der Waals surface area (Å²) in [5.74, 6) is 0.295. The molecule has 0 bridgehead atoms. The molecule has 2 aromatic rings. The number of nitro groups is 1. The minimum absolute atomic E-state index is 0.120. The summed E-state index contributed by atoms with van der Waals surface area (Å²) >= 11 is 0. The van der Waals surface area contributed by atoms with E-state index in [1.54, 1.807) is 24.5 Å². The van der Waals surface area contributed by atoms with Crippen molar-refractivity contribution in [1.29, 1.82) is 0 Å². The monoisotopic (exact) mass is 288 g/mol. The van der Waals surface area contributed by atoms with E-state index < -0.39 is 4.92 Å². The minimum atomic E-state index is -0.507. The van der Waals surface area contributed by atoms with Crippen LogP contribution in [0.3, 0.4) is 0 Å². The highest BCUT2D eigenvalue weighted by Crippen LogP contribution is 2.32. The lowest BCUT2D eigenvalue weighted by atomic mass is 10.1. The van der Waals surface area contributed by atoms with Gasteiger partial charge in [-0.2, -0.15) is 0 Å². The van der Waals surface area contributed by atoms with Gasteiger partial charge < -0.3 is 10.6 Å². The summed E-state index contributed by atoms with van der Waals surface area (Å²) in [7, 11) is 0. The second-order valence-corrected chi connectivity index (χ2v) is 5.42. The zero-order valence-corrected chi connectivity index (χ0v) is 12.0. The van der Waals surface area contributed by atoms with E-state index >= 15 is 0 Å². The molecule has 2 aromatic heterocycles. The fourth-order valence-corrected chi connectivity index (χ4v) is 1.66. The van der Waals surface area contributed by atoms with Gasteiger partial charge in [-0.15, -0.1) is 0 Å². The van der Waals surface area contributed by atoms with Crippen LogP contribution in [0.4, 0.5) is 23.0 Å². The van der Waals surface area contributed by atoms with E-state index in [4.69, 9.17) is 0 Å². The molecular weight excluding hydrogens is 272 g/mol. The largest absolute Gasteiger partial charge is 0.360 e. The number of pyridine rings is 1. The Morgan fingerprint density at radius 1 is 1.24 bits per heavy atom. The van der Waals surface area contributed by atoms with Crippen molar-refractivity contribution in [3.05, 3.63) is 41.0 Å². The lowest BCUT2D eigenvalue weighted by Gasteiger charge is -2.21. The first-order valence-electron chi connectivity index (χ1n) is 6.31. The molecule has 0 saturated heterocycles. The maximum atomic E-state index is 11.3. The van der Waals surface area contributed by atoms with Crippen LogP contribution in [0.5, 0.6) is 0 Å². The predicted molar refractivity (Wildman–Crippen MR) is 79.6 cm³/mol. The SMILES string of the molecule is CC(C)(C)Nc1ncnc(Nc2cccnc2)c1[N+](=O)[O-]. The van der Waals surface area contributed by atoms with E-state index in [2.05, 4.69) is 25.6 Å². The van der Waals surface area contributed by atoms with Crippen molar-refractivity contribution in [2.75, 3.05) is 10.6 Å².